The van der Waals surface area contributed by atoms with Gasteiger partial charge in [0.2, 0.25) is 5.91 Å². The molecule has 220 valence electrons. The third-order valence-electron chi connectivity index (χ3n) is 7.78. The molecule has 1 fully saturated rings. The van der Waals surface area contributed by atoms with Gasteiger partial charge in [0, 0.05) is 44.6 Å². The van der Waals surface area contributed by atoms with E-state index < -0.39 is 17.2 Å². The average Bonchev–Trinajstić information content (AvgIpc) is 2.97. The lowest BCUT2D eigenvalue weighted by molar-refractivity contribution is -0.121. The number of nitrogens with zero attached hydrogens (tertiary/aromatic N) is 2. The maximum atomic E-state index is 14.3. The highest BCUT2D eigenvalue weighted by Crippen LogP contribution is 2.34. The number of aliphatic hydroxyl groups excluding tert-OH is 1. The molecule has 6 nitrogen and oxygen atoms in total. The molecule has 1 aliphatic rings. The van der Waals surface area contributed by atoms with E-state index in [0.717, 1.165) is 37.6 Å². The lowest BCUT2D eigenvalue weighted by atomic mass is 9.80. The van der Waals surface area contributed by atoms with Crippen molar-refractivity contribution in [3.63, 3.8) is 0 Å². The van der Waals surface area contributed by atoms with Crippen LogP contribution >= 0.6 is 12.4 Å². The monoisotopic (exact) mass is 585 g/mol. The number of benzene rings is 3. The lowest BCUT2D eigenvalue weighted by Gasteiger charge is -2.43. The molecule has 4 rings (SSSR count). The lowest BCUT2D eigenvalue weighted by Crippen LogP contribution is -2.52. The van der Waals surface area contributed by atoms with E-state index in [0.29, 0.717) is 24.1 Å². The molecule has 0 bridgehead atoms. The van der Waals surface area contributed by atoms with Crippen LogP contribution in [0.1, 0.15) is 53.6 Å². The Hall–Kier alpha value is -3.33. The molecule has 1 saturated heterocycles. The zero-order valence-corrected chi connectivity index (χ0v) is 24.1. The Balaban J connectivity index is 0.00000462. The van der Waals surface area contributed by atoms with Gasteiger partial charge in [-0.15, -0.1) is 12.4 Å². The first kappa shape index (κ1) is 32.2. The Labute approximate surface area is 246 Å². The maximum Gasteiger partial charge on any atom is 0.253 e. The van der Waals surface area contributed by atoms with Crippen molar-refractivity contribution >= 4 is 24.2 Å². The predicted molar refractivity (Wildman–Crippen MR) is 158 cm³/mol. The average molecular weight is 586 g/mol. The van der Waals surface area contributed by atoms with E-state index >= 15 is 0 Å². The minimum absolute atomic E-state index is 0. The van der Waals surface area contributed by atoms with Crippen molar-refractivity contribution in [1.29, 1.82) is 0 Å². The Bertz CT molecular complexity index is 1270. The highest BCUT2D eigenvalue weighted by Gasteiger charge is 2.37. The van der Waals surface area contributed by atoms with Crippen molar-refractivity contribution in [1.82, 2.24) is 15.1 Å². The number of hydrogen-bond acceptors (Lipinski definition) is 4. The van der Waals surface area contributed by atoms with Crippen LogP contribution < -0.4 is 5.32 Å². The van der Waals surface area contributed by atoms with E-state index in [4.69, 9.17) is 0 Å². The molecule has 2 N–H and O–H groups in total. The van der Waals surface area contributed by atoms with Gasteiger partial charge in [-0.1, -0.05) is 54.6 Å². The summed E-state index contributed by atoms with van der Waals surface area (Å²) in [6, 6.07) is 22.7. The van der Waals surface area contributed by atoms with Gasteiger partial charge in [0.1, 0.15) is 0 Å². The number of halogens is 3. The fourth-order valence-corrected chi connectivity index (χ4v) is 5.63. The number of piperidine rings is 1. The zero-order chi connectivity index (χ0) is 28.5. The predicted octanol–water partition coefficient (Wildman–Crippen LogP) is 5.12. The van der Waals surface area contributed by atoms with Crippen LogP contribution in [0.25, 0.3) is 0 Å². The first-order chi connectivity index (χ1) is 19.3. The van der Waals surface area contributed by atoms with Crippen molar-refractivity contribution in [2.75, 3.05) is 39.3 Å². The largest absolute Gasteiger partial charge is 0.395 e. The van der Waals surface area contributed by atoms with Gasteiger partial charge in [0.15, 0.2) is 11.6 Å². The number of rotatable bonds is 11. The Morgan fingerprint density at radius 1 is 0.976 bits per heavy atom. The molecule has 0 aromatic heterocycles. The van der Waals surface area contributed by atoms with Crippen LogP contribution in [0.2, 0.25) is 0 Å². The molecular formula is C32H38ClF2N3O3. The van der Waals surface area contributed by atoms with Crippen molar-refractivity contribution in [3.8, 4) is 0 Å². The van der Waals surface area contributed by atoms with E-state index in [9.17, 15) is 23.5 Å². The third-order valence-corrected chi connectivity index (χ3v) is 7.78. The molecule has 0 aliphatic carbocycles. The number of likely N-dealkylation sites (tertiary alicyclic amines) is 1. The quantitative estimate of drug-likeness (QED) is 0.328. The molecule has 0 radical (unpaired) electrons. The molecule has 9 heteroatoms. The van der Waals surface area contributed by atoms with Gasteiger partial charge >= 0.3 is 0 Å². The van der Waals surface area contributed by atoms with Gasteiger partial charge in [-0.3, -0.25) is 9.59 Å². The topological polar surface area (TPSA) is 72.9 Å². The van der Waals surface area contributed by atoms with Crippen LogP contribution in [0, 0.1) is 11.6 Å². The molecular weight excluding hydrogens is 548 g/mol. The molecule has 1 aliphatic heterocycles. The fourth-order valence-electron chi connectivity index (χ4n) is 5.63. The molecule has 1 atom stereocenters. The molecule has 1 unspecified atom stereocenters. The van der Waals surface area contributed by atoms with Gasteiger partial charge in [-0.05, 0) is 61.2 Å². The second-order valence-corrected chi connectivity index (χ2v) is 10.5. The first-order valence-electron chi connectivity index (χ1n) is 13.8. The summed E-state index contributed by atoms with van der Waals surface area (Å²) in [7, 11) is 0. The standard InChI is InChI=1S/C32H37F2N3O3.ClH/c1-24(39)35-32(28-10-6-3-7-11-28)15-18-36(19-16-32)17-14-27(26-12-13-29(33)30(34)22-26)23-37(20-21-38)31(40)25-8-4-2-5-9-25;/h2-13,22,27,38H,14-21,23H2,1H3,(H,35,39);1H. The zero-order valence-electron chi connectivity index (χ0n) is 23.3. The number of hydrogen-bond donors (Lipinski definition) is 2. The van der Waals surface area contributed by atoms with E-state index in [-0.39, 0.29) is 49.8 Å². The maximum absolute atomic E-state index is 14.3. The summed E-state index contributed by atoms with van der Waals surface area (Å²) in [5, 5.41) is 12.9. The summed E-state index contributed by atoms with van der Waals surface area (Å²) in [5.41, 5.74) is 1.77. The number of carbonyl (C=O) groups excluding carboxylic acids is 2. The van der Waals surface area contributed by atoms with Crippen LogP contribution in [0.15, 0.2) is 78.9 Å². The number of aliphatic hydroxyl groups is 1. The summed E-state index contributed by atoms with van der Waals surface area (Å²) in [6.07, 6.45) is 2.10. The molecule has 3 aromatic carbocycles. The number of amides is 2. The second-order valence-electron chi connectivity index (χ2n) is 10.5. The van der Waals surface area contributed by atoms with Crippen LogP contribution in [0.4, 0.5) is 8.78 Å². The third kappa shape index (κ3) is 8.35. The number of nitrogens with one attached hydrogen (secondary N) is 1. The van der Waals surface area contributed by atoms with E-state index in [1.54, 1.807) is 42.2 Å². The first-order valence-corrected chi connectivity index (χ1v) is 13.8. The van der Waals surface area contributed by atoms with Gasteiger partial charge in [-0.25, -0.2) is 8.78 Å². The van der Waals surface area contributed by atoms with Crippen molar-refractivity contribution < 1.29 is 23.5 Å². The molecule has 41 heavy (non-hydrogen) atoms. The SMILES string of the molecule is CC(=O)NC1(c2ccccc2)CCN(CCC(CN(CCO)C(=O)c2ccccc2)c2ccc(F)c(F)c2)CC1.Cl. The van der Waals surface area contributed by atoms with Gasteiger partial charge in [0.25, 0.3) is 5.91 Å². The van der Waals surface area contributed by atoms with E-state index in [1.807, 2.05) is 36.4 Å². The fraction of sp³-hybridized carbons (Fsp3) is 0.375. The van der Waals surface area contributed by atoms with Crippen molar-refractivity contribution in [2.45, 2.75) is 37.6 Å². The summed E-state index contributed by atoms with van der Waals surface area (Å²) in [6.45, 7) is 3.91. The highest BCUT2D eigenvalue weighted by molar-refractivity contribution is 5.94. The second kappa shape index (κ2) is 15.1. The summed E-state index contributed by atoms with van der Waals surface area (Å²) in [4.78, 5) is 29.2. The van der Waals surface area contributed by atoms with Crippen LogP contribution in [-0.2, 0) is 10.3 Å². The molecule has 1 heterocycles. The van der Waals surface area contributed by atoms with Gasteiger partial charge in [-0.2, -0.15) is 0 Å². The van der Waals surface area contributed by atoms with E-state index in [1.165, 1.54) is 6.07 Å². The van der Waals surface area contributed by atoms with Gasteiger partial charge < -0.3 is 20.2 Å². The minimum atomic E-state index is -0.925. The molecule has 2 amide bonds. The Morgan fingerprint density at radius 3 is 2.20 bits per heavy atom. The van der Waals surface area contributed by atoms with Crippen LogP contribution in [-0.4, -0.2) is 66.1 Å². The number of carbonyl (C=O) groups is 2. The van der Waals surface area contributed by atoms with Gasteiger partial charge in [0.05, 0.1) is 12.1 Å². The van der Waals surface area contributed by atoms with E-state index in [2.05, 4.69) is 10.2 Å². The molecule has 3 aromatic rings. The van der Waals surface area contributed by atoms with Crippen molar-refractivity contribution in [3.05, 3.63) is 107 Å². The Kier molecular flexibility index (Phi) is 11.8. The molecule has 0 saturated carbocycles. The smallest absolute Gasteiger partial charge is 0.253 e. The van der Waals surface area contributed by atoms with Crippen molar-refractivity contribution in [2.24, 2.45) is 0 Å². The summed E-state index contributed by atoms with van der Waals surface area (Å²) < 4.78 is 28.0. The molecule has 0 spiro atoms. The Morgan fingerprint density at radius 2 is 1.61 bits per heavy atom. The normalized spacial score (nSPS) is 15.4. The highest BCUT2D eigenvalue weighted by atomic mass is 35.5. The minimum Gasteiger partial charge on any atom is -0.395 e. The summed E-state index contributed by atoms with van der Waals surface area (Å²) in [5.74, 6) is -2.40. The van der Waals surface area contributed by atoms with Crippen LogP contribution in [0.5, 0.6) is 0 Å². The van der Waals surface area contributed by atoms with Crippen LogP contribution in [0.3, 0.4) is 0 Å². The summed E-state index contributed by atoms with van der Waals surface area (Å²) >= 11 is 0.